The van der Waals surface area contributed by atoms with E-state index in [2.05, 4.69) is 15.7 Å². The monoisotopic (exact) mass is 148 g/mol. The van der Waals surface area contributed by atoms with Crippen LogP contribution in [0.1, 0.15) is 0 Å². The third-order valence-electron chi connectivity index (χ3n) is 1.10. The number of aliphatic imine (C=N–C) groups is 1. The Hall–Kier alpha value is -0.320. The molecule has 0 amide bonds. The van der Waals surface area contributed by atoms with Crippen molar-refractivity contribution in [3.63, 3.8) is 0 Å². The van der Waals surface area contributed by atoms with E-state index in [1.165, 1.54) is 0 Å². The molecule has 0 radical (unpaired) electrons. The normalized spacial score (nSPS) is 27.3. The molecule has 1 atom stereocenters. The van der Waals surface area contributed by atoms with Gasteiger partial charge >= 0.3 is 0 Å². The van der Waals surface area contributed by atoms with E-state index in [9.17, 15) is 0 Å². The molecule has 9 heavy (non-hydrogen) atoms. The summed E-state index contributed by atoms with van der Waals surface area (Å²) in [6.07, 6.45) is 0. The highest BCUT2D eigenvalue weighted by molar-refractivity contribution is 6.20. The number of nitrogens with one attached hydrogen (secondary N) is 2. The Morgan fingerprint density at radius 2 is 2.67 bits per heavy atom. The largest absolute Gasteiger partial charge is 0.311 e. The predicted octanol–water partition coefficient (Wildman–Crippen LogP) is -0.984. The van der Waals surface area contributed by atoms with Gasteiger partial charge in [0.2, 0.25) is 0 Å². The van der Waals surface area contributed by atoms with Crippen LogP contribution in [0, 0.1) is 0 Å². The van der Waals surface area contributed by atoms with Gasteiger partial charge in [-0.05, 0) is 0 Å². The van der Waals surface area contributed by atoms with Gasteiger partial charge in [-0.15, -0.1) is 11.6 Å². The van der Waals surface area contributed by atoms with Gasteiger partial charge in [-0.2, -0.15) is 0 Å². The van der Waals surface area contributed by atoms with Crippen LogP contribution in [0.15, 0.2) is 4.99 Å². The molecule has 0 aliphatic carbocycles. The van der Waals surface area contributed by atoms with Crippen molar-refractivity contribution in [2.24, 2.45) is 10.8 Å². The Kier molecular flexibility index (Phi) is 2.27. The van der Waals surface area contributed by atoms with Crippen LogP contribution in [0.4, 0.5) is 0 Å². The minimum Gasteiger partial charge on any atom is -0.311 e. The van der Waals surface area contributed by atoms with E-state index >= 15 is 0 Å². The quantitative estimate of drug-likeness (QED) is 0.179. The molecule has 0 saturated carbocycles. The molecule has 1 aliphatic heterocycles. The molecular formula is C4H9ClN4. The Labute approximate surface area is 58.4 Å². The molecule has 1 unspecified atom stereocenters. The first-order valence-electron chi connectivity index (χ1n) is 2.70. The maximum atomic E-state index is 5.65. The number of hydrogen-bond donors (Lipinski definition) is 3. The van der Waals surface area contributed by atoms with Gasteiger partial charge in [0.1, 0.15) is 11.3 Å². The molecule has 1 aliphatic rings. The van der Waals surface area contributed by atoms with E-state index in [1.807, 2.05) is 0 Å². The number of halogens is 1. The minimum atomic E-state index is -0.0397. The summed E-state index contributed by atoms with van der Waals surface area (Å²) in [5.74, 6) is 5.84. The van der Waals surface area contributed by atoms with Gasteiger partial charge in [-0.25, -0.2) is 5.84 Å². The molecule has 1 heterocycles. The number of nitrogens with zero attached hydrogens (tertiary/aromatic N) is 1. The molecule has 0 aromatic carbocycles. The molecule has 0 bridgehead atoms. The van der Waals surface area contributed by atoms with E-state index in [1.54, 1.807) is 0 Å². The first-order chi connectivity index (χ1) is 4.33. The molecule has 0 fully saturated rings. The molecule has 4 N–H and O–H groups in total. The Balaban J connectivity index is 2.40. The summed E-state index contributed by atoms with van der Waals surface area (Å²) in [5.41, 5.74) is 2.41. The van der Waals surface area contributed by atoms with Crippen LogP contribution in [-0.4, -0.2) is 24.4 Å². The second-order valence-corrected chi connectivity index (χ2v) is 2.31. The molecule has 0 aromatic rings. The summed E-state index contributed by atoms with van der Waals surface area (Å²) in [7, 11) is 0. The summed E-state index contributed by atoms with van der Waals surface area (Å²) < 4.78 is 0. The van der Waals surface area contributed by atoms with E-state index in [-0.39, 0.29) is 5.50 Å². The summed E-state index contributed by atoms with van der Waals surface area (Å²) >= 11 is 5.65. The van der Waals surface area contributed by atoms with Crippen molar-refractivity contribution in [2.45, 2.75) is 5.50 Å². The molecule has 5 heteroatoms. The van der Waals surface area contributed by atoms with E-state index in [0.29, 0.717) is 13.1 Å². The first kappa shape index (κ1) is 6.80. The lowest BCUT2D eigenvalue weighted by Gasteiger charge is -2.16. The Morgan fingerprint density at radius 3 is 3.11 bits per heavy atom. The fourth-order valence-corrected chi connectivity index (χ4v) is 0.761. The summed E-state index contributed by atoms with van der Waals surface area (Å²) in [6.45, 7) is 1.21. The molecule has 1 rings (SSSR count). The summed E-state index contributed by atoms with van der Waals surface area (Å²) in [6, 6.07) is 0. The van der Waals surface area contributed by atoms with Gasteiger partial charge in [0.05, 0.1) is 13.1 Å². The topological polar surface area (TPSA) is 62.4 Å². The summed E-state index contributed by atoms with van der Waals surface area (Å²) in [4.78, 5) is 4.02. The average molecular weight is 149 g/mol. The number of rotatable bonds is 0. The average Bonchev–Trinajstić information content (AvgIpc) is 1.90. The van der Waals surface area contributed by atoms with E-state index < -0.39 is 0 Å². The fraction of sp³-hybridized carbons (Fsp3) is 0.750. The van der Waals surface area contributed by atoms with Gasteiger partial charge in [-0.1, -0.05) is 0 Å². The van der Waals surface area contributed by atoms with Gasteiger partial charge < -0.3 is 5.43 Å². The molecule has 52 valence electrons. The van der Waals surface area contributed by atoms with Gasteiger partial charge in [0, 0.05) is 0 Å². The predicted molar refractivity (Wildman–Crippen MR) is 37.3 cm³/mol. The van der Waals surface area contributed by atoms with Crippen LogP contribution in [0.5, 0.6) is 0 Å². The van der Waals surface area contributed by atoms with Crippen molar-refractivity contribution in [1.29, 1.82) is 0 Å². The smallest absolute Gasteiger partial charge is 0.125 e. The number of hydrogen-bond acceptors (Lipinski definition) is 4. The molecule has 0 saturated heterocycles. The standard InChI is InChI=1S/C4H9ClN4/c5-3-1-8-4(9-6)2-7-3/h3,7H,1-2,6H2,(H,8,9). The second kappa shape index (κ2) is 3.00. The van der Waals surface area contributed by atoms with Crippen LogP contribution in [0.25, 0.3) is 0 Å². The number of alkyl halides is 1. The first-order valence-corrected chi connectivity index (χ1v) is 3.14. The highest BCUT2D eigenvalue weighted by atomic mass is 35.5. The van der Waals surface area contributed by atoms with Crippen molar-refractivity contribution in [3.8, 4) is 0 Å². The summed E-state index contributed by atoms with van der Waals surface area (Å²) in [5, 5.41) is 2.98. The lowest BCUT2D eigenvalue weighted by Crippen LogP contribution is -2.45. The van der Waals surface area contributed by atoms with Gasteiger partial charge in [0.15, 0.2) is 0 Å². The van der Waals surface area contributed by atoms with Crippen molar-refractivity contribution >= 4 is 17.4 Å². The zero-order valence-corrected chi connectivity index (χ0v) is 5.65. The molecule has 0 spiro atoms. The van der Waals surface area contributed by atoms with Gasteiger partial charge in [0.25, 0.3) is 0 Å². The Bertz CT molecular complexity index is 124. The van der Waals surface area contributed by atoms with Crippen LogP contribution in [-0.2, 0) is 0 Å². The third-order valence-corrected chi connectivity index (χ3v) is 1.39. The zero-order chi connectivity index (χ0) is 6.69. The van der Waals surface area contributed by atoms with Gasteiger partial charge in [-0.3, -0.25) is 10.3 Å². The number of nitrogens with two attached hydrogens (primary N) is 1. The number of hydrazine groups is 1. The molecular weight excluding hydrogens is 140 g/mol. The highest BCUT2D eigenvalue weighted by Crippen LogP contribution is 1.95. The van der Waals surface area contributed by atoms with Crippen molar-refractivity contribution in [3.05, 3.63) is 0 Å². The zero-order valence-electron chi connectivity index (χ0n) is 4.89. The third kappa shape index (κ3) is 1.82. The molecule has 0 aromatic heterocycles. The maximum Gasteiger partial charge on any atom is 0.125 e. The lowest BCUT2D eigenvalue weighted by molar-refractivity contribution is 0.664. The number of amidine groups is 1. The van der Waals surface area contributed by atoms with E-state index in [0.717, 1.165) is 5.84 Å². The SMILES string of the molecule is NNC1=NCC(Cl)NC1. The van der Waals surface area contributed by atoms with Crippen LogP contribution >= 0.6 is 11.6 Å². The molecule has 4 nitrogen and oxygen atoms in total. The van der Waals surface area contributed by atoms with Crippen molar-refractivity contribution < 1.29 is 0 Å². The van der Waals surface area contributed by atoms with Crippen LogP contribution in [0.2, 0.25) is 0 Å². The van der Waals surface area contributed by atoms with Crippen molar-refractivity contribution in [1.82, 2.24) is 10.7 Å². The fourth-order valence-electron chi connectivity index (χ4n) is 0.615. The van der Waals surface area contributed by atoms with E-state index in [4.69, 9.17) is 17.4 Å². The highest BCUT2D eigenvalue weighted by Gasteiger charge is 2.09. The van der Waals surface area contributed by atoms with Crippen molar-refractivity contribution in [2.75, 3.05) is 13.1 Å². The lowest BCUT2D eigenvalue weighted by atomic mass is 10.4. The van der Waals surface area contributed by atoms with Crippen LogP contribution in [0.3, 0.4) is 0 Å². The Morgan fingerprint density at radius 1 is 1.89 bits per heavy atom. The van der Waals surface area contributed by atoms with Crippen LogP contribution < -0.4 is 16.6 Å². The maximum absolute atomic E-state index is 5.65. The second-order valence-electron chi connectivity index (χ2n) is 1.78. The minimum absolute atomic E-state index is 0.0397.